The number of hydrogen-bond acceptors (Lipinski definition) is 3. The SMILES string of the molecule is OC(CNc1cc(Cl)c(C(F)F)cn1)c1cc(C(F)(F)F)cc(C(F)(F)F)c1. The van der Waals surface area contributed by atoms with Crippen molar-refractivity contribution in [1.82, 2.24) is 4.98 Å². The van der Waals surface area contributed by atoms with Crippen LogP contribution in [0.2, 0.25) is 5.02 Å². The van der Waals surface area contributed by atoms with E-state index in [1.54, 1.807) is 0 Å². The van der Waals surface area contributed by atoms with Crippen LogP contribution in [0.5, 0.6) is 0 Å². The molecule has 1 unspecified atom stereocenters. The molecule has 0 aliphatic rings. The topological polar surface area (TPSA) is 45.1 Å². The number of rotatable bonds is 5. The van der Waals surface area contributed by atoms with Gasteiger partial charge in [0.1, 0.15) is 5.82 Å². The van der Waals surface area contributed by atoms with Crippen LogP contribution in [0, 0.1) is 0 Å². The first-order valence-electron chi connectivity index (χ1n) is 7.44. The summed E-state index contributed by atoms with van der Waals surface area (Å²) in [6.45, 7) is -0.546. The van der Waals surface area contributed by atoms with E-state index in [1.165, 1.54) is 0 Å². The zero-order chi connectivity index (χ0) is 21.3. The van der Waals surface area contributed by atoms with Gasteiger partial charge in [0.25, 0.3) is 6.43 Å². The number of nitrogens with one attached hydrogen (secondary N) is 1. The van der Waals surface area contributed by atoms with Crippen LogP contribution in [0.4, 0.5) is 40.9 Å². The second kappa shape index (κ2) is 8.08. The highest BCUT2D eigenvalue weighted by Gasteiger charge is 2.37. The summed E-state index contributed by atoms with van der Waals surface area (Å²) >= 11 is 5.63. The van der Waals surface area contributed by atoms with Crippen LogP contribution in [0.25, 0.3) is 0 Å². The molecule has 0 fully saturated rings. The van der Waals surface area contributed by atoms with E-state index in [1.807, 2.05) is 0 Å². The Bertz CT molecular complexity index is 806. The quantitative estimate of drug-likeness (QED) is 0.580. The van der Waals surface area contributed by atoms with Gasteiger partial charge in [0.15, 0.2) is 0 Å². The number of aromatic nitrogens is 1. The zero-order valence-corrected chi connectivity index (χ0v) is 14.3. The van der Waals surface area contributed by atoms with Crippen LogP contribution in [0.3, 0.4) is 0 Å². The zero-order valence-electron chi connectivity index (χ0n) is 13.5. The van der Waals surface area contributed by atoms with Crippen LogP contribution in [-0.4, -0.2) is 16.6 Å². The van der Waals surface area contributed by atoms with Crippen LogP contribution in [0.15, 0.2) is 30.5 Å². The average molecular weight is 435 g/mol. The Kier molecular flexibility index (Phi) is 6.39. The van der Waals surface area contributed by atoms with Gasteiger partial charge in [-0.1, -0.05) is 11.6 Å². The monoisotopic (exact) mass is 434 g/mol. The first-order valence-corrected chi connectivity index (χ1v) is 7.81. The lowest BCUT2D eigenvalue weighted by Gasteiger charge is -2.18. The number of anilines is 1. The van der Waals surface area contributed by atoms with E-state index in [2.05, 4.69) is 10.3 Å². The molecule has 0 amide bonds. The smallest absolute Gasteiger partial charge is 0.387 e. The van der Waals surface area contributed by atoms with Crippen LogP contribution in [0.1, 0.15) is 34.8 Å². The predicted octanol–water partition coefficient (Wildman–Crippen LogP) is 5.86. The summed E-state index contributed by atoms with van der Waals surface area (Å²) < 4.78 is 102. The largest absolute Gasteiger partial charge is 0.416 e. The van der Waals surface area contributed by atoms with Crippen molar-refractivity contribution in [2.24, 2.45) is 0 Å². The summed E-state index contributed by atoms with van der Waals surface area (Å²) in [5.74, 6) is -0.100. The number of aliphatic hydroxyl groups is 1. The van der Waals surface area contributed by atoms with Crippen molar-refractivity contribution in [3.05, 3.63) is 57.7 Å². The van der Waals surface area contributed by atoms with Gasteiger partial charge in [0.2, 0.25) is 0 Å². The summed E-state index contributed by atoms with van der Waals surface area (Å²) in [6.07, 6.45) is -14.0. The molecular weight excluding hydrogens is 424 g/mol. The Balaban J connectivity index is 2.24. The number of aliphatic hydroxyl groups excluding tert-OH is 1. The molecule has 0 saturated carbocycles. The first kappa shape index (κ1) is 22.2. The molecule has 1 aromatic carbocycles. The number of nitrogens with zero attached hydrogens (tertiary/aromatic N) is 1. The number of benzene rings is 1. The molecule has 1 heterocycles. The molecule has 1 aromatic heterocycles. The van der Waals surface area contributed by atoms with Gasteiger partial charge in [-0.25, -0.2) is 13.8 Å². The van der Waals surface area contributed by atoms with Gasteiger partial charge in [0, 0.05) is 12.7 Å². The van der Waals surface area contributed by atoms with E-state index in [9.17, 15) is 40.2 Å². The third-order valence-corrected chi connectivity index (χ3v) is 3.92. The second-order valence-corrected chi connectivity index (χ2v) is 6.03. The van der Waals surface area contributed by atoms with Crippen molar-refractivity contribution >= 4 is 17.4 Å². The summed E-state index contributed by atoms with van der Waals surface area (Å²) in [4.78, 5) is 3.59. The maximum Gasteiger partial charge on any atom is 0.416 e. The summed E-state index contributed by atoms with van der Waals surface area (Å²) in [5, 5.41) is 12.1. The molecule has 2 N–H and O–H groups in total. The van der Waals surface area contributed by atoms with Crippen molar-refractivity contribution in [2.45, 2.75) is 24.9 Å². The summed E-state index contributed by atoms with van der Waals surface area (Å²) in [7, 11) is 0. The van der Waals surface area contributed by atoms with Gasteiger partial charge in [-0.15, -0.1) is 0 Å². The van der Waals surface area contributed by atoms with E-state index in [4.69, 9.17) is 11.6 Å². The lowest BCUT2D eigenvalue weighted by Crippen LogP contribution is -2.17. The highest BCUT2D eigenvalue weighted by Crippen LogP contribution is 2.37. The van der Waals surface area contributed by atoms with Gasteiger partial charge in [-0.05, 0) is 29.8 Å². The molecule has 0 spiro atoms. The van der Waals surface area contributed by atoms with E-state index >= 15 is 0 Å². The standard InChI is InChI=1S/C16H11ClF8N2O/c17-11-4-13(26-5-10(11)14(18)19)27-6-12(28)7-1-8(15(20,21)22)3-9(2-7)16(23,24)25/h1-5,12,14,28H,6H2,(H,26,27). The normalized spacial score (nSPS) is 13.7. The second-order valence-electron chi connectivity index (χ2n) is 5.63. The Morgan fingerprint density at radius 2 is 1.50 bits per heavy atom. The number of hydrogen-bond donors (Lipinski definition) is 2. The van der Waals surface area contributed by atoms with Crippen LogP contribution < -0.4 is 5.32 Å². The Labute approximate surface area is 158 Å². The van der Waals surface area contributed by atoms with Crippen LogP contribution in [-0.2, 0) is 12.4 Å². The Morgan fingerprint density at radius 1 is 0.964 bits per heavy atom. The molecule has 0 aliphatic carbocycles. The fourth-order valence-corrected chi connectivity index (χ4v) is 2.42. The third-order valence-electron chi connectivity index (χ3n) is 3.59. The molecule has 1 atom stereocenters. The van der Waals surface area contributed by atoms with Gasteiger partial charge >= 0.3 is 12.4 Å². The maximum atomic E-state index is 12.8. The molecule has 2 rings (SSSR count). The van der Waals surface area contributed by atoms with E-state index in [0.717, 1.165) is 12.3 Å². The van der Waals surface area contributed by atoms with E-state index in [-0.39, 0.29) is 16.9 Å². The molecule has 0 saturated heterocycles. The third kappa shape index (κ3) is 5.44. The number of halogens is 9. The molecule has 0 bridgehead atoms. The fraction of sp³-hybridized carbons (Fsp3) is 0.312. The minimum Gasteiger partial charge on any atom is -0.387 e. The van der Waals surface area contributed by atoms with Crippen LogP contribution >= 0.6 is 11.6 Å². The number of alkyl halides is 8. The highest BCUT2D eigenvalue weighted by atomic mass is 35.5. The fourth-order valence-electron chi connectivity index (χ4n) is 2.19. The minimum absolute atomic E-state index is 0.0615. The summed E-state index contributed by atoms with van der Waals surface area (Å²) in [6, 6.07) is 1.71. The average Bonchev–Trinajstić information content (AvgIpc) is 2.57. The van der Waals surface area contributed by atoms with Crippen molar-refractivity contribution < 1.29 is 40.2 Å². The van der Waals surface area contributed by atoms with Gasteiger partial charge in [-0.2, -0.15) is 26.3 Å². The van der Waals surface area contributed by atoms with Crippen molar-refractivity contribution in [3.63, 3.8) is 0 Å². The minimum atomic E-state index is -5.05. The van der Waals surface area contributed by atoms with Crippen molar-refractivity contribution in [1.29, 1.82) is 0 Å². The Hall–Kier alpha value is -2.14. The lowest BCUT2D eigenvalue weighted by molar-refractivity contribution is -0.143. The maximum absolute atomic E-state index is 12.8. The molecule has 3 nitrogen and oxygen atoms in total. The predicted molar refractivity (Wildman–Crippen MR) is 84.1 cm³/mol. The van der Waals surface area contributed by atoms with Gasteiger partial charge in [0.05, 0.1) is 27.8 Å². The lowest BCUT2D eigenvalue weighted by atomic mass is 10.0. The molecular formula is C16H11ClF8N2O. The molecule has 0 aliphatic heterocycles. The first-order chi connectivity index (χ1) is 12.8. The van der Waals surface area contributed by atoms with E-state index < -0.39 is 53.7 Å². The summed E-state index contributed by atoms with van der Waals surface area (Å²) in [5.41, 5.74) is -4.33. The number of pyridine rings is 1. The van der Waals surface area contributed by atoms with Crippen molar-refractivity contribution in [2.75, 3.05) is 11.9 Å². The molecule has 12 heteroatoms. The molecule has 154 valence electrons. The molecule has 2 aromatic rings. The van der Waals surface area contributed by atoms with E-state index in [0.29, 0.717) is 12.1 Å². The Morgan fingerprint density at radius 3 is 1.93 bits per heavy atom. The van der Waals surface area contributed by atoms with Gasteiger partial charge in [-0.3, -0.25) is 0 Å². The molecule has 0 radical (unpaired) electrons. The molecule has 28 heavy (non-hydrogen) atoms. The van der Waals surface area contributed by atoms with Crippen molar-refractivity contribution in [3.8, 4) is 0 Å². The highest BCUT2D eigenvalue weighted by molar-refractivity contribution is 6.31. The van der Waals surface area contributed by atoms with Gasteiger partial charge < -0.3 is 10.4 Å².